The van der Waals surface area contributed by atoms with Crippen molar-refractivity contribution in [1.29, 1.82) is 0 Å². The molecule has 1 heterocycles. The zero-order valence-electron chi connectivity index (χ0n) is 10.4. The Morgan fingerprint density at radius 2 is 2.00 bits per heavy atom. The highest BCUT2D eigenvalue weighted by atomic mass is 19.4. The van der Waals surface area contributed by atoms with E-state index in [9.17, 15) is 13.2 Å². The maximum atomic E-state index is 12.0. The first kappa shape index (κ1) is 14.2. The summed E-state index contributed by atoms with van der Waals surface area (Å²) in [5, 5.41) is 3.46. The number of ether oxygens (including phenoxy) is 1. The van der Waals surface area contributed by atoms with Gasteiger partial charge in [0, 0.05) is 6.42 Å². The standard InChI is InChI=1S/C12H12F3N3O2/c13-12(14,15)6-5-10-17-11(20-18-10)7-19-9-4-2-1-3-8(9)16/h1-4H,5-7,16H2. The van der Waals surface area contributed by atoms with Crippen LogP contribution in [0, 0.1) is 0 Å². The van der Waals surface area contributed by atoms with Crippen LogP contribution in [0.1, 0.15) is 18.1 Å². The molecule has 5 nitrogen and oxygen atoms in total. The fraction of sp³-hybridized carbons (Fsp3) is 0.333. The Hall–Kier alpha value is -2.25. The molecule has 0 amide bonds. The predicted octanol–water partition coefficient (Wildman–Crippen LogP) is 2.73. The summed E-state index contributed by atoms with van der Waals surface area (Å²) in [6.45, 7) is -0.0484. The molecular weight excluding hydrogens is 275 g/mol. The summed E-state index contributed by atoms with van der Waals surface area (Å²) in [7, 11) is 0. The normalized spacial score (nSPS) is 11.6. The largest absolute Gasteiger partial charge is 0.482 e. The van der Waals surface area contributed by atoms with E-state index >= 15 is 0 Å². The van der Waals surface area contributed by atoms with Gasteiger partial charge in [-0.3, -0.25) is 0 Å². The molecule has 2 aromatic rings. The number of rotatable bonds is 5. The van der Waals surface area contributed by atoms with Gasteiger partial charge >= 0.3 is 6.18 Å². The molecule has 108 valence electrons. The van der Waals surface area contributed by atoms with Gasteiger partial charge in [0.15, 0.2) is 12.4 Å². The van der Waals surface area contributed by atoms with Gasteiger partial charge in [-0.2, -0.15) is 18.2 Å². The molecule has 0 aliphatic heterocycles. The van der Waals surface area contributed by atoms with E-state index in [1.807, 2.05) is 0 Å². The SMILES string of the molecule is Nc1ccccc1OCc1nc(CCC(F)(F)F)no1. The van der Waals surface area contributed by atoms with E-state index in [2.05, 4.69) is 10.1 Å². The molecule has 1 aromatic heterocycles. The van der Waals surface area contributed by atoms with Crippen LogP contribution in [0.2, 0.25) is 0 Å². The highest BCUT2D eigenvalue weighted by Crippen LogP contribution is 2.22. The lowest BCUT2D eigenvalue weighted by Gasteiger charge is -2.05. The molecule has 1 aromatic carbocycles. The van der Waals surface area contributed by atoms with Gasteiger partial charge in [0.05, 0.1) is 12.1 Å². The van der Waals surface area contributed by atoms with Crippen LogP contribution in [-0.2, 0) is 13.0 Å². The van der Waals surface area contributed by atoms with E-state index in [0.29, 0.717) is 11.4 Å². The summed E-state index contributed by atoms with van der Waals surface area (Å²) in [5.74, 6) is 0.551. The number of nitrogens with zero attached hydrogens (tertiary/aromatic N) is 2. The molecule has 20 heavy (non-hydrogen) atoms. The number of aryl methyl sites for hydroxylation is 1. The summed E-state index contributed by atoms with van der Waals surface area (Å²) in [6.07, 6.45) is -5.55. The Balaban J connectivity index is 1.89. The molecule has 2 N–H and O–H groups in total. The van der Waals surface area contributed by atoms with Crippen LogP contribution in [0.3, 0.4) is 0 Å². The van der Waals surface area contributed by atoms with Crippen LogP contribution in [-0.4, -0.2) is 16.3 Å². The Morgan fingerprint density at radius 3 is 2.70 bits per heavy atom. The average Bonchev–Trinajstić information content (AvgIpc) is 2.83. The maximum Gasteiger partial charge on any atom is 0.389 e. The van der Waals surface area contributed by atoms with E-state index in [1.165, 1.54) is 0 Å². The van der Waals surface area contributed by atoms with Crippen molar-refractivity contribution in [3.05, 3.63) is 36.0 Å². The number of hydrogen-bond donors (Lipinski definition) is 1. The highest BCUT2D eigenvalue weighted by Gasteiger charge is 2.27. The molecule has 0 saturated heterocycles. The number of benzene rings is 1. The number of anilines is 1. The summed E-state index contributed by atoms with van der Waals surface area (Å²) < 4.78 is 46.2. The second-order valence-corrected chi connectivity index (χ2v) is 4.05. The van der Waals surface area contributed by atoms with Crippen LogP contribution in [0.4, 0.5) is 18.9 Å². The van der Waals surface area contributed by atoms with Crippen molar-refractivity contribution in [2.24, 2.45) is 0 Å². The molecule has 0 bridgehead atoms. The second kappa shape index (κ2) is 5.81. The molecule has 0 saturated carbocycles. The lowest BCUT2D eigenvalue weighted by molar-refractivity contribution is -0.134. The van der Waals surface area contributed by atoms with E-state index in [-0.39, 0.29) is 24.7 Å². The van der Waals surface area contributed by atoms with Gasteiger partial charge in [-0.1, -0.05) is 17.3 Å². The second-order valence-electron chi connectivity index (χ2n) is 4.05. The summed E-state index contributed by atoms with van der Waals surface area (Å²) in [4.78, 5) is 3.81. The van der Waals surface area contributed by atoms with Crippen LogP contribution in [0.15, 0.2) is 28.8 Å². The third-order valence-electron chi connectivity index (χ3n) is 2.41. The lowest BCUT2D eigenvalue weighted by atomic mass is 10.3. The predicted molar refractivity (Wildman–Crippen MR) is 63.9 cm³/mol. The molecule has 0 unspecified atom stereocenters. The van der Waals surface area contributed by atoms with Crippen molar-refractivity contribution in [3.63, 3.8) is 0 Å². The minimum absolute atomic E-state index is 0.00181. The first-order valence-corrected chi connectivity index (χ1v) is 5.79. The van der Waals surface area contributed by atoms with Crippen LogP contribution >= 0.6 is 0 Å². The fourth-order valence-electron chi connectivity index (χ4n) is 1.46. The Bertz CT molecular complexity index is 569. The molecule has 0 atom stereocenters. The van der Waals surface area contributed by atoms with E-state index < -0.39 is 12.6 Å². The highest BCUT2D eigenvalue weighted by molar-refractivity contribution is 5.51. The van der Waals surface area contributed by atoms with Gasteiger partial charge in [0.1, 0.15) is 5.75 Å². The smallest absolute Gasteiger partial charge is 0.389 e. The zero-order valence-corrected chi connectivity index (χ0v) is 10.4. The third kappa shape index (κ3) is 4.15. The minimum atomic E-state index is -4.24. The molecule has 0 aliphatic rings. The summed E-state index contributed by atoms with van der Waals surface area (Å²) in [5.41, 5.74) is 6.12. The van der Waals surface area contributed by atoms with Gasteiger partial charge in [-0.15, -0.1) is 0 Å². The molecule has 0 fully saturated rings. The van der Waals surface area contributed by atoms with Crippen molar-refractivity contribution in [1.82, 2.24) is 10.1 Å². The monoisotopic (exact) mass is 287 g/mol. The van der Waals surface area contributed by atoms with Crippen LogP contribution < -0.4 is 10.5 Å². The quantitative estimate of drug-likeness (QED) is 0.856. The molecule has 8 heteroatoms. The van der Waals surface area contributed by atoms with E-state index in [4.69, 9.17) is 15.0 Å². The van der Waals surface area contributed by atoms with Crippen LogP contribution in [0.5, 0.6) is 5.75 Å². The fourth-order valence-corrected chi connectivity index (χ4v) is 1.46. The first-order valence-electron chi connectivity index (χ1n) is 5.79. The van der Waals surface area contributed by atoms with Crippen LogP contribution in [0.25, 0.3) is 0 Å². The zero-order chi connectivity index (χ0) is 14.6. The Labute approximate surface area is 112 Å². The number of halogens is 3. The maximum absolute atomic E-state index is 12.0. The molecule has 2 rings (SSSR count). The molecule has 0 aliphatic carbocycles. The Kier molecular flexibility index (Phi) is 4.11. The van der Waals surface area contributed by atoms with Crippen molar-refractivity contribution < 1.29 is 22.4 Å². The Morgan fingerprint density at radius 1 is 1.25 bits per heavy atom. The van der Waals surface area contributed by atoms with Crippen molar-refractivity contribution in [2.75, 3.05) is 5.73 Å². The van der Waals surface area contributed by atoms with Gasteiger partial charge in [-0.05, 0) is 12.1 Å². The number of nitrogens with two attached hydrogens (primary N) is 1. The molecular formula is C12H12F3N3O2. The number of hydrogen-bond acceptors (Lipinski definition) is 5. The van der Waals surface area contributed by atoms with Gasteiger partial charge in [0.25, 0.3) is 5.89 Å². The molecule has 0 radical (unpaired) electrons. The lowest BCUT2D eigenvalue weighted by Crippen LogP contribution is -2.09. The van der Waals surface area contributed by atoms with Gasteiger partial charge in [0.2, 0.25) is 0 Å². The van der Waals surface area contributed by atoms with Gasteiger partial charge < -0.3 is 15.0 Å². The third-order valence-corrected chi connectivity index (χ3v) is 2.41. The first-order chi connectivity index (χ1) is 9.44. The van der Waals surface area contributed by atoms with Crippen molar-refractivity contribution >= 4 is 5.69 Å². The van der Waals surface area contributed by atoms with Crippen molar-refractivity contribution in [2.45, 2.75) is 25.6 Å². The van der Waals surface area contributed by atoms with Gasteiger partial charge in [-0.25, -0.2) is 0 Å². The summed E-state index contributed by atoms with van der Waals surface area (Å²) in [6, 6.07) is 6.83. The topological polar surface area (TPSA) is 74.2 Å². The minimum Gasteiger partial charge on any atom is -0.482 e. The number of nitrogen functional groups attached to an aromatic ring is 1. The number of para-hydroxylation sites is 2. The number of aromatic nitrogens is 2. The average molecular weight is 287 g/mol. The van der Waals surface area contributed by atoms with Crippen molar-refractivity contribution in [3.8, 4) is 5.75 Å². The number of alkyl halides is 3. The molecule has 0 spiro atoms. The summed E-state index contributed by atoms with van der Waals surface area (Å²) >= 11 is 0. The van der Waals surface area contributed by atoms with E-state index in [1.54, 1.807) is 24.3 Å². The van der Waals surface area contributed by atoms with E-state index in [0.717, 1.165) is 0 Å².